The zero-order chi connectivity index (χ0) is 11.5. The van der Waals surface area contributed by atoms with Crippen LogP contribution in [0.4, 0.5) is 5.69 Å². The van der Waals surface area contributed by atoms with Gasteiger partial charge < -0.3 is 10.1 Å². The minimum Gasteiger partial charge on any atom is -0.381 e. The minimum atomic E-state index is -0.00629. The minimum absolute atomic E-state index is 0.00629. The number of benzene rings is 1. The van der Waals surface area contributed by atoms with Crippen molar-refractivity contribution in [1.82, 2.24) is 0 Å². The number of carbonyl (C=O) groups excluding carboxylic acids is 1. The molecule has 1 aliphatic rings. The highest BCUT2D eigenvalue weighted by molar-refractivity contribution is 9.10. The molecule has 0 spiro atoms. The molecule has 0 radical (unpaired) electrons. The fourth-order valence-corrected chi connectivity index (χ4v) is 2.29. The molecule has 0 aliphatic carbocycles. The second-order valence-electron chi connectivity index (χ2n) is 4.03. The summed E-state index contributed by atoms with van der Waals surface area (Å²) in [6, 6.07) is 5.87. The van der Waals surface area contributed by atoms with Crippen LogP contribution in [-0.2, 0) is 9.53 Å². The Morgan fingerprint density at radius 2 is 2.38 bits per heavy atom. The first-order chi connectivity index (χ1) is 7.66. The van der Waals surface area contributed by atoms with Crippen molar-refractivity contribution in [2.24, 2.45) is 5.92 Å². The molecule has 1 amide bonds. The molecule has 1 atom stereocenters. The third-order valence-electron chi connectivity index (χ3n) is 2.68. The normalized spacial score (nSPS) is 19.8. The highest BCUT2D eigenvalue weighted by Crippen LogP contribution is 2.24. The Morgan fingerprint density at radius 3 is 3.00 bits per heavy atom. The summed E-state index contributed by atoms with van der Waals surface area (Å²) in [5.41, 5.74) is 1.98. The van der Waals surface area contributed by atoms with Crippen molar-refractivity contribution in [1.29, 1.82) is 0 Å². The highest BCUT2D eigenvalue weighted by Gasteiger charge is 2.23. The van der Waals surface area contributed by atoms with E-state index in [-0.39, 0.29) is 11.8 Å². The van der Waals surface area contributed by atoms with Gasteiger partial charge in [0.2, 0.25) is 5.91 Å². The van der Waals surface area contributed by atoms with Gasteiger partial charge in [-0.25, -0.2) is 0 Å². The van der Waals surface area contributed by atoms with Gasteiger partial charge in [-0.2, -0.15) is 0 Å². The number of hydrogen-bond acceptors (Lipinski definition) is 2. The van der Waals surface area contributed by atoms with E-state index in [1.54, 1.807) is 0 Å². The van der Waals surface area contributed by atoms with Gasteiger partial charge in [-0.15, -0.1) is 0 Å². The Balaban J connectivity index is 2.05. The first-order valence-electron chi connectivity index (χ1n) is 5.31. The van der Waals surface area contributed by atoms with E-state index in [4.69, 9.17) is 4.74 Å². The fraction of sp³-hybridized carbons (Fsp3) is 0.417. The van der Waals surface area contributed by atoms with Crippen molar-refractivity contribution in [3.05, 3.63) is 28.2 Å². The molecule has 4 heteroatoms. The van der Waals surface area contributed by atoms with Crippen molar-refractivity contribution >= 4 is 27.5 Å². The van der Waals surface area contributed by atoms with Crippen molar-refractivity contribution in [3.63, 3.8) is 0 Å². The third-order valence-corrected chi connectivity index (χ3v) is 3.34. The first kappa shape index (κ1) is 11.6. The van der Waals surface area contributed by atoms with Crippen molar-refractivity contribution < 1.29 is 9.53 Å². The summed E-state index contributed by atoms with van der Waals surface area (Å²) in [6.45, 7) is 3.24. The molecular formula is C12H14BrNO2. The standard InChI is InChI=1S/C12H14BrNO2/c1-8-2-3-11(10(13)6-8)14-12(15)9-4-5-16-7-9/h2-3,6,9H,4-5,7H2,1H3,(H,14,15). The molecule has 86 valence electrons. The van der Waals surface area contributed by atoms with Gasteiger partial charge in [-0.05, 0) is 47.0 Å². The molecule has 1 fully saturated rings. The van der Waals surface area contributed by atoms with Crippen LogP contribution in [0.3, 0.4) is 0 Å². The van der Waals surface area contributed by atoms with Crippen molar-refractivity contribution in [3.8, 4) is 0 Å². The monoisotopic (exact) mass is 283 g/mol. The van der Waals surface area contributed by atoms with E-state index in [0.717, 1.165) is 22.1 Å². The van der Waals surface area contributed by atoms with Gasteiger partial charge in [0.05, 0.1) is 18.2 Å². The lowest BCUT2D eigenvalue weighted by Crippen LogP contribution is -2.22. The van der Waals surface area contributed by atoms with Crippen LogP contribution in [-0.4, -0.2) is 19.1 Å². The zero-order valence-corrected chi connectivity index (χ0v) is 10.7. The van der Waals surface area contributed by atoms with Crippen LogP contribution < -0.4 is 5.32 Å². The molecule has 1 saturated heterocycles. The maximum Gasteiger partial charge on any atom is 0.229 e. The number of amides is 1. The molecular weight excluding hydrogens is 270 g/mol. The summed E-state index contributed by atoms with van der Waals surface area (Å²) < 4.78 is 6.11. The summed E-state index contributed by atoms with van der Waals surface area (Å²) in [4.78, 5) is 11.8. The van der Waals surface area contributed by atoms with E-state index in [1.807, 2.05) is 25.1 Å². The number of aryl methyl sites for hydroxylation is 1. The Morgan fingerprint density at radius 1 is 1.56 bits per heavy atom. The van der Waals surface area contributed by atoms with Gasteiger partial charge in [-0.1, -0.05) is 6.07 Å². The number of anilines is 1. The van der Waals surface area contributed by atoms with E-state index in [0.29, 0.717) is 13.2 Å². The molecule has 0 bridgehead atoms. The molecule has 1 N–H and O–H groups in total. The van der Waals surface area contributed by atoms with Crippen molar-refractivity contribution in [2.45, 2.75) is 13.3 Å². The quantitative estimate of drug-likeness (QED) is 0.906. The number of hydrogen-bond donors (Lipinski definition) is 1. The molecule has 0 saturated carbocycles. The molecule has 1 aromatic rings. The third kappa shape index (κ3) is 2.62. The van der Waals surface area contributed by atoms with Crippen molar-refractivity contribution in [2.75, 3.05) is 18.5 Å². The van der Waals surface area contributed by atoms with Gasteiger partial charge >= 0.3 is 0 Å². The van der Waals surface area contributed by atoms with Gasteiger partial charge in [0, 0.05) is 11.1 Å². The highest BCUT2D eigenvalue weighted by atomic mass is 79.9. The topological polar surface area (TPSA) is 38.3 Å². The second-order valence-corrected chi connectivity index (χ2v) is 4.89. The maximum atomic E-state index is 11.8. The number of carbonyl (C=O) groups is 1. The van der Waals surface area contributed by atoms with Crippen LogP contribution >= 0.6 is 15.9 Å². The molecule has 1 heterocycles. The molecule has 2 rings (SSSR count). The summed E-state index contributed by atoms with van der Waals surface area (Å²) in [5.74, 6) is 0.0373. The van der Waals surface area contributed by atoms with Gasteiger partial charge in [-0.3, -0.25) is 4.79 Å². The summed E-state index contributed by atoms with van der Waals surface area (Å²) in [6.07, 6.45) is 0.815. The molecule has 1 aromatic carbocycles. The largest absolute Gasteiger partial charge is 0.381 e. The molecule has 1 aliphatic heterocycles. The van der Waals surface area contributed by atoms with Crippen LogP contribution in [0.5, 0.6) is 0 Å². The lowest BCUT2D eigenvalue weighted by Gasteiger charge is -2.11. The van der Waals surface area contributed by atoms with Gasteiger partial charge in [0.25, 0.3) is 0 Å². The Hall–Kier alpha value is -0.870. The number of rotatable bonds is 2. The smallest absolute Gasteiger partial charge is 0.229 e. The Labute approximate surface area is 103 Å². The lowest BCUT2D eigenvalue weighted by atomic mass is 10.1. The summed E-state index contributed by atoms with van der Waals surface area (Å²) >= 11 is 3.44. The molecule has 3 nitrogen and oxygen atoms in total. The summed E-state index contributed by atoms with van der Waals surface area (Å²) in [7, 11) is 0. The van der Waals surface area contributed by atoms with E-state index in [9.17, 15) is 4.79 Å². The van der Waals surface area contributed by atoms with E-state index >= 15 is 0 Å². The number of halogens is 1. The average Bonchev–Trinajstić information content (AvgIpc) is 2.75. The summed E-state index contributed by atoms with van der Waals surface area (Å²) in [5, 5.41) is 2.91. The molecule has 16 heavy (non-hydrogen) atoms. The zero-order valence-electron chi connectivity index (χ0n) is 9.13. The number of ether oxygens (including phenoxy) is 1. The Kier molecular flexibility index (Phi) is 3.61. The maximum absolute atomic E-state index is 11.8. The Bertz CT molecular complexity index is 400. The second kappa shape index (κ2) is 4.97. The van der Waals surface area contributed by atoms with Gasteiger partial charge in [0.15, 0.2) is 0 Å². The van der Waals surface area contributed by atoms with Crippen LogP contribution in [0.2, 0.25) is 0 Å². The molecule has 1 unspecified atom stereocenters. The van der Waals surface area contributed by atoms with Crippen LogP contribution in [0.15, 0.2) is 22.7 Å². The predicted molar refractivity (Wildman–Crippen MR) is 66.4 cm³/mol. The van der Waals surface area contributed by atoms with E-state index in [2.05, 4.69) is 21.2 Å². The number of nitrogens with one attached hydrogen (secondary N) is 1. The average molecular weight is 284 g/mol. The van der Waals surface area contributed by atoms with E-state index in [1.165, 1.54) is 0 Å². The predicted octanol–water partition coefficient (Wildman–Crippen LogP) is 2.73. The van der Waals surface area contributed by atoms with Crippen LogP contribution in [0.25, 0.3) is 0 Å². The van der Waals surface area contributed by atoms with Crippen LogP contribution in [0.1, 0.15) is 12.0 Å². The first-order valence-corrected chi connectivity index (χ1v) is 6.11. The molecule has 0 aromatic heterocycles. The van der Waals surface area contributed by atoms with E-state index < -0.39 is 0 Å². The SMILES string of the molecule is Cc1ccc(NC(=O)C2CCOC2)c(Br)c1. The fourth-order valence-electron chi connectivity index (χ4n) is 1.70. The van der Waals surface area contributed by atoms with Crippen LogP contribution in [0, 0.1) is 12.8 Å². The lowest BCUT2D eigenvalue weighted by molar-refractivity contribution is -0.119. The van der Waals surface area contributed by atoms with Gasteiger partial charge in [0.1, 0.15) is 0 Å².